The van der Waals surface area contributed by atoms with Gasteiger partial charge in [0.25, 0.3) is 11.7 Å². The molecule has 0 atom stereocenters. The van der Waals surface area contributed by atoms with Crippen molar-refractivity contribution in [1.82, 2.24) is 10.3 Å². The molecule has 1 aromatic heterocycles. The Bertz CT molecular complexity index is 796. The summed E-state index contributed by atoms with van der Waals surface area (Å²) in [4.78, 5) is 40.0. The topological polar surface area (TPSA) is 108 Å². The number of amides is 1. The third-order valence-electron chi connectivity index (χ3n) is 3.78. The molecule has 1 amide bonds. The zero-order chi connectivity index (χ0) is 19.1. The lowest BCUT2D eigenvalue weighted by molar-refractivity contribution is -0.117. The van der Waals surface area contributed by atoms with E-state index in [-0.39, 0.29) is 31.0 Å². The average molecular weight is 358 g/mol. The first kappa shape index (κ1) is 19.4. The Kier molecular flexibility index (Phi) is 6.68. The normalized spacial score (nSPS) is 10.4. The Morgan fingerprint density at radius 3 is 2.50 bits per heavy atom. The molecule has 3 N–H and O–H groups in total. The maximum absolute atomic E-state index is 12.6. The molecule has 0 aliphatic carbocycles. The molecule has 2 aromatic rings. The van der Waals surface area contributed by atoms with Crippen LogP contribution in [0.5, 0.6) is 0 Å². The van der Waals surface area contributed by atoms with E-state index in [1.54, 1.807) is 38.1 Å². The first-order valence-corrected chi connectivity index (χ1v) is 8.39. The van der Waals surface area contributed by atoms with E-state index < -0.39 is 17.7 Å². The number of carbonyl (C=O) groups is 3. The second-order valence-corrected chi connectivity index (χ2v) is 5.62. The maximum atomic E-state index is 12.6. The van der Waals surface area contributed by atoms with Crippen LogP contribution in [-0.2, 0) is 9.53 Å². The fraction of sp³-hybridized carbons (Fsp3) is 0.316. The number of aromatic amines is 1. The Morgan fingerprint density at radius 2 is 1.88 bits per heavy atom. The molecule has 0 saturated heterocycles. The number of nitrogens with one attached hydrogen (secondary N) is 2. The summed E-state index contributed by atoms with van der Waals surface area (Å²) in [6, 6.07) is 8.89. The fourth-order valence-electron chi connectivity index (χ4n) is 2.62. The van der Waals surface area contributed by atoms with Crippen LogP contribution in [0.3, 0.4) is 0 Å². The highest BCUT2D eigenvalue weighted by atomic mass is 16.5. The average Bonchev–Trinajstić information content (AvgIpc) is 2.99. The molecule has 2 rings (SSSR count). The van der Waals surface area contributed by atoms with Crippen LogP contribution in [0, 0.1) is 6.92 Å². The smallest absolute Gasteiger partial charge is 0.340 e. The number of hydrogen-bond acceptors (Lipinski definition) is 5. The lowest BCUT2D eigenvalue weighted by atomic mass is 9.98. The number of ether oxygens (including phenoxy) is 1. The molecule has 0 aliphatic rings. The summed E-state index contributed by atoms with van der Waals surface area (Å²) in [5.74, 6) is -2.13. The van der Waals surface area contributed by atoms with Gasteiger partial charge in [-0.25, -0.2) is 4.79 Å². The standard InChI is InChI=1S/C19H22N2O5/c1-3-26-19(25)14-12(2)21-16(15(14)13-8-5-4-6-9-13)17(23)18(24)20-10-7-11-22/h4-6,8-9,21-22H,3,7,10-11H2,1-2H3,(H,20,24). The van der Waals surface area contributed by atoms with Crippen molar-refractivity contribution in [2.24, 2.45) is 0 Å². The zero-order valence-electron chi connectivity index (χ0n) is 14.8. The molecule has 0 aliphatic heterocycles. The molecular weight excluding hydrogens is 336 g/mol. The summed E-state index contributed by atoms with van der Waals surface area (Å²) >= 11 is 0. The van der Waals surface area contributed by atoms with E-state index in [9.17, 15) is 14.4 Å². The van der Waals surface area contributed by atoms with E-state index in [1.807, 2.05) is 6.07 Å². The first-order chi connectivity index (χ1) is 12.5. The van der Waals surface area contributed by atoms with Gasteiger partial charge in [0.2, 0.25) is 0 Å². The van der Waals surface area contributed by atoms with Gasteiger partial charge in [0.1, 0.15) is 5.69 Å². The van der Waals surface area contributed by atoms with Crippen LogP contribution in [0.2, 0.25) is 0 Å². The number of aliphatic hydroxyl groups is 1. The van der Waals surface area contributed by atoms with Gasteiger partial charge >= 0.3 is 5.97 Å². The largest absolute Gasteiger partial charge is 0.462 e. The van der Waals surface area contributed by atoms with Crippen molar-refractivity contribution in [3.05, 3.63) is 47.3 Å². The molecule has 1 heterocycles. The van der Waals surface area contributed by atoms with Crippen molar-refractivity contribution in [3.63, 3.8) is 0 Å². The minimum Gasteiger partial charge on any atom is -0.462 e. The molecule has 0 radical (unpaired) electrons. The summed E-state index contributed by atoms with van der Waals surface area (Å²) in [5.41, 5.74) is 1.71. The number of ketones is 1. The Balaban J connectivity index is 2.49. The number of H-pyrrole nitrogens is 1. The molecule has 0 fully saturated rings. The van der Waals surface area contributed by atoms with Crippen molar-refractivity contribution in [1.29, 1.82) is 0 Å². The van der Waals surface area contributed by atoms with Crippen LogP contribution in [0.25, 0.3) is 11.1 Å². The van der Waals surface area contributed by atoms with E-state index in [0.29, 0.717) is 23.2 Å². The van der Waals surface area contributed by atoms with Crippen LogP contribution in [0.1, 0.15) is 39.9 Å². The van der Waals surface area contributed by atoms with Gasteiger partial charge in [-0.2, -0.15) is 0 Å². The monoisotopic (exact) mass is 358 g/mol. The van der Waals surface area contributed by atoms with Gasteiger partial charge in [0, 0.05) is 24.4 Å². The molecule has 26 heavy (non-hydrogen) atoms. The summed E-state index contributed by atoms with van der Waals surface area (Å²) in [6.07, 6.45) is 0.350. The van der Waals surface area contributed by atoms with Crippen LogP contribution < -0.4 is 5.32 Å². The van der Waals surface area contributed by atoms with Crippen LogP contribution in [0.4, 0.5) is 0 Å². The minimum atomic E-state index is -0.799. The molecule has 0 bridgehead atoms. The SMILES string of the molecule is CCOC(=O)c1c(C)[nH]c(C(=O)C(=O)NCCCO)c1-c1ccccc1. The van der Waals surface area contributed by atoms with Gasteiger partial charge in [-0.05, 0) is 25.8 Å². The molecule has 0 unspecified atom stereocenters. The second kappa shape index (κ2) is 8.96. The lowest BCUT2D eigenvalue weighted by Crippen LogP contribution is -2.32. The van der Waals surface area contributed by atoms with Crippen molar-refractivity contribution in [2.75, 3.05) is 19.8 Å². The lowest BCUT2D eigenvalue weighted by Gasteiger charge is -2.08. The van der Waals surface area contributed by atoms with Crippen molar-refractivity contribution in [3.8, 4) is 11.1 Å². The fourth-order valence-corrected chi connectivity index (χ4v) is 2.62. The Labute approximate surface area is 151 Å². The predicted molar refractivity (Wildman–Crippen MR) is 96.0 cm³/mol. The molecule has 0 spiro atoms. The number of esters is 1. The van der Waals surface area contributed by atoms with Crippen LogP contribution >= 0.6 is 0 Å². The van der Waals surface area contributed by atoms with Gasteiger partial charge in [0.05, 0.1) is 12.2 Å². The summed E-state index contributed by atoms with van der Waals surface area (Å²) < 4.78 is 5.11. The summed E-state index contributed by atoms with van der Waals surface area (Å²) in [7, 11) is 0. The summed E-state index contributed by atoms with van der Waals surface area (Å²) in [6.45, 7) is 3.65. The molecular formula is C19H22N2O5. The molecule has 0 saturated carbocycles. The number of aliphatic hydroxyl groups excluding tert-OH is 1. The van der Waals surface area contributed by atoms with E-state index in [4.69, 9.17) is 9.84 Å². The van der Waals surface area contributed by atoms with Gasteiger partial charge in [0.15, 0.2) is 0 Å². The number of aryl methyl sites for hydroxylation is 1. The highest BCUT2D eigenvalue weighted by Crippen LogP contribution is 2.31. The van der Waals surface area contributed by atoms with Crippen molar-refractivity contribution in [2.45, 2.75) is 20.3 Å². The van der Waals surface area contributed by atoms with Gasteiger partial charge in [-0.15, -0.1) is 0 Å². The molecule has 1 aromatic carbocycles. The van der Waals surface area contributed by atoms with Gasteiger partial charge in [-0.1, -0.05) is 30.3 Å². The highest BCUT2D eigenvalue weighted by Gasteiger charge is 2.29. The Hall–Kier alpha value is -2.93. The first-order valence-electron chi connectivity index (χ1n) is 8.39. The number of carbonyl (C=O) groups excluding carboxylic acids is 3. The molecule has 138 valence electrons. The minimum absolute atomic E-state index is 0.0400. The zero-order valence-corrected chi connectivity index (χ0v) is 14.8. The molecule has 7 heteroatoms. The number of Topliss-reactive ketones (excluding diaryl/α,β-unsaturated/α-hetero) is 1. The predicted octanol–water partition coefficient (Wildman–Crippen LogP) is 1.85. The summed E-state index contributed by atoms with van der Waals surface area (Å²) in [5, 5.41) is 11.2. The highest BCUT2D eigenvalue weighted by molar-refractivity contribution is 6.43. The van der Waals surface area contributed by atoms with Crippen molar-refractivity contribution < 1.29 is 24.2 Å². The maximum Gasteiger partial charge on any atom is 0.340 e. The third kappa shape index (κ3) is 4.18. The van der Waals surface area contributed by atoms with Crippen molar-refractivity contribution >= 4 is 17.7 Å². The van der Waals surface area contributed by atoms with E-state index in [1.165, 1.54) is 0 Å². The second-order valence-electron chi connectivity index (χ2n) is 5.62. The van der Waals surface area contributed by atoms with Crippen LogP contribution in [-0.4, -0.2) is 47.5 Å². The number of benzene rings is 1. The molecule has 7 nitrogen and oxygen atoms in total. The van der Waals surface area contributed by atoms with E-state index in [0.717, 1.165) is 0 Å². The quantitative estimate of drug-likeness (QED) is 0.289. The van der Waals surface area contributed by atoms with Gasteiger partial charge in [-0.3, -0.25) is 9.59 Å². The van der Waals surface area contributed by atoms with E-state index in [2.05, 4.69) is 10.3 Å². The number of rotatable bonds is 8. The number of hydrogen-bond donors (Lipinski definition) is 3. The van der Waals surface area contributed by atoms with Gasteiger partial charge < -0.3 is 20.1 Å². The Morgan fingerprint density at radius 1 is 1.19 bits per heavy atom. The third-order valence-corrected chi connectivity index (χ3v) is 3.78. The van der Waals surface area contributed by atoms with Crippen LogP contribution in [0.15, 0.2) is 30.3 Å². The number of aromatic nitrogens is 1. The van der Waals surface area contributed by atoms with E-state index >= 15 is 0 Å².